The van der Waals surface area contributed by atoms with Gasteiger partial charge in [0, 0.05) is 6.20 Å². The van der Waals surface area contributed by atoms with Gasteiger partial charge in [-0.05, 0) is 24.3 Å². The zero-order valence-corrected chi connectivity index (χ0v) is 12.5. The average molecular weight is 332 g/mol. The second-order valence-electron chi connectivity index (χ2n) is 4.59. The molecular weight excluding hydrogens is 320 g/mol. The van der Waals surface area contributed by atoms with Gasteiger partial charge in [0.1, 0.15) is 5.69 Å². The first-order valence-electron chi connectivity index (χ1n) is 6.53. The lowest BCUT2D eigenvalue weighted by atomic mass is 10.3. The Morgan fingerprint density at radius 3 is 2.30 bits per heavy atom. The van der Waals surface area contributed by atoms with Gasteiger partial charge in [0.2, 0.25) is 17.3 Å². The third-order valence-corrected chi connectivity index (χ3v) is 4.38. The van der Waals surface area contributed by atoms with E-state index < -0.39 is 27.4 Å². The molecule has 0 spiro atoms. The number of hydrogen-bond acceptors (Lipinski definition) is 6. The molecule has 0 saturated heterocycles. The quantitative estimate of drug-likeness (QED) is 0.677. The standard InChI is InChI=1S/C15H12N2O5S/c18-12-13(19)15(22-14(12)11-8-4-5-9-16-11)17-23(20,21)10-6-2-1-3-7-10/h1-9,17-19H. The minimum atomic E-state index is -3.96. The maximum atomic E-state index is 12.2. The lowest BCUT2D eigenvalue weighted by Gasteiger charge is -2.05. The van der Waals surface area contributed by atoms with Crippen molar-refractivity contribution in [3.8, 4) is 23.0 Å². The highest BCUT2D eigenvalue weighted by Crippen LogP contribution is 2.45. The van der Waals surface area contributed by atoms with Crippen LogP contribution in [0.25, 0.3) is 11.5 Å². The molecule has 3 rings (SSSR count). The van der Waals surface area contributed by atoms with Crippen LogP contribution in [-0.4, -0.2) is 23.6 Å². The number of furan rings is 1. The van der Waals surface area contributed by atoms with Gasteiger partial charge in [-0.3, -0.25) is 4.98 Å². The van der Waals surface area contributed by atoms with Crippen molar-refractivity contribution in [3.63, 3.8) is 0 Å². The third kappa shape index (κ3) is 2.84. The fourth-order valence-electron chi connectivity index (χ4n) is 1.93. The SMILES string of the molecule is O=S(=O)(Nc1oc(-c2ccccn2)c(O)c1O)c1ccccc1. The van der Waals surface area contributed by atoms with Crippen molar-refractivity contribution in [3.05, 3.63) is 54.7 Å². The number of benzene rings is 1. The summed E-state index contributed by atoms with van der Waals surface area (Å²) in [5, 5.41) is 19.8. The number of nitrogens with one attached hydrogen (secondary N) is 1. The first-order chi connectivity index (χ1) is 11.0. The zero-order valence-electron chi connectivity index (χ0n) is 11.7. The molecule has 7 nitrogen and oxygen atoms in total. The van der Waals surface area contributed by atoms with Crippen LogP contribution in [0.2, 0.25) is 0 Å². The molecule has 1 aromatic carbocycles. The number of aromatic hydroxyl groups is 2. The lowest BCUT2D eigenvalue weighted by Crippen LogP contribution is -2.12. The van der Waals surface area contributed by atoms with E-state index in [1.54, 1.807) is 36.4 Å². The van der Waals surface area contributed by atoms with E-state index in [1.807, 2.05) is 0 Å². The van der Waals surface area contributed by atoms with Gasteiger partial charge in [0.25, 0.3) is 15.9 Å². The molecule has 0 atom stereocenters. The summed E-state index contributed by atoms with van der Waals surface area (Å²) in [5.41, 5.74) is 0.255. The Labute approximate surface area is 131 Å². The molecule has 2 heterocycles. The van der Waals surface area contributed by atoms with Gasteiger partial charge in [0.05, 0.1) is 4.90 Å². The summed E-state index contributed by atoms with van der Waals surface area (Å²) in [7, 11) is -3.96. The summed E-state index contributed by atoms with van der Waals surface area (Å²) < 4.78 is 31.8. The molecule has 0 amide bonds. The van der Waals surface area contributed by atoms with E-state index in [0.29, 0.717) is 0 Å². The first-order valence-corrected chi connectivity index (χ1v) is 8.01. The number of pyridine rings is 1. The topological polar surface area (TPSA) is 113 Å². The van der Waals surface area contributed by atoms with Gasteiger partial charge >= 0.3 is 0 Å². The molecule has 0 aliphatic heterocycles. The van der Waals surface area contributed by atoms with E-state index in [9.17, 15) is 18.6 Å². The highest BCUT2D eigenvalue weighted by atomic mass is 32.2. The molecule has 8 heteroatoms. The third-order valence-electron chi connectivity index (χ3n) is 3.04. The largest absolute Gasteiger partial charge is 0.501 e. The Hall–Kier alpha value is -3.00. The number of anilines is 1. The monoisotopic (exact) mass is 332 g/mol. The minimum Gasteiger partial charge on any atom is -0.501 e. The van der Waals surface area contributed by atoms with E-state index in [4.69, 9.17) is 4.42 Å². The number of rotatable bonds is 4. The van der Waals surface area contributed by atoms with Crippen LogP contribution >= 0.6 is 0 Å². The van der Waals surface area contributed by atoms with Gasteiger partial charge in [0.15, 0.2) is 0 Å². The first kappa shape index (κ1) is 14.9. The van der Waals surface area contributed by atoms with Gasteiger partial charge in [-0.25, -0.2) is 13.1 Å². The Morgan fingerprint density at radius 2 is 1.65 bits per heavy atom. The molecule has 0 saturated carbocycles. The number of hydrogen-bond donors (Lipinski definition) is 3. The lowest BCUT2D eigenvalue weighted by molar-refractivity contribution is 0.410. The smallest absolute Gasteiger partial charge is 0.264 e. The van der Waals surface area contributed by atoms with Crippen LogP contribution in [0.4, 0.5) is 5.88 Å². The highest BCUT2D eigenvalue weighted by Gasteiger charge is 2.25. The van der Waals surface area contributed by atoms with Crippen LogP contribution in [0.3, 0.4) is 0 Å². The maximum Gasteiger partial charge on any atom is 0.264 e. The number of sulfonamides is 1. The summed E-state index contributed by atoms with van der Waals surface area (Å²) in [6.45, 7) is 0. The molecule has 118 valence electrons. The van der Waals surface area contributed by atoms with Crippen molar-refractivity contribution in [1.82, 2.24) is 4.98 Å². The summed E-state index contributed by atoms with van der Waals surface area (Å²) >= 11 is 0. The summed E-state index contributed by atoms with van der Waals surface area (Å²) in [6.07, 6.45) is 1.47. The second kappa shape index (κ2) is 5.65. The van der Waals surface area contributed by atoms with Crippen molar-refractivity contribution in [2.24, 2.45) is 0 Å². The fraction of sp³-hybridized carbons (Fsp3) is 0. The fourth-order valence-corrected chi connectivity index (χ4v) is 2.95. The Morgan fingerprint density at radius 1 is 0.957 bits per heavy atom. The van der Waals surface area contributed by atoms with Crippen LogP contribution in [0.5, 0.6) is 11.5 Å². The molecular formula is C15H12N2O5S. The average Bonchev–Trinajstić information content (AvgIpc) is 2.84. The van der Waals surface area contributed by atoms with Gasteiger partial charge in [-0.15, -0.1) is 0 Å². The van der Waals surface area contributed by atoms with E-state index >= 15 is 0 Å². The van der Waals surface area contributed by atoms with Crippen LogP contribution in [0, 0.1) is 0 Å². The van der Waals surface area contributed by atoms with Crippen molar-refractivity contribution in [2.45, 2.75) is 4.90 Å². The van der Waals surface area contributed by atoms with E-state index in [0.717, 1.165) is 0 Å². The normalized spacial score (nSPS) is 11.3. The van der Waals surface area contributed by atoms with Crippen LogP contribution in [0.1, 0.15) is 0 Å². The zero-order chi connectivity index (χ0) is 16.4. The van der Waals surface area contributed by atoms with Gasteiger partial charge < -0.3 is 14.6 Å². The molecule has 0 aliphatic rings. The molecule has 23 heavy (non-hydrogen) atoms. The molecule has 0 bridgehead atoms. The molecule has 2 aromatic heterocycles. The Kier molecular flexibility index (Phi) is 3.67. The number of nitrogens with zero attached hydrogens (tertiary/aromatic N) is 1. The van der Waals surface area contributed by atoms with E-state index in [-0.39, 0.29) is 16.3 Å². The van der Waals surface area contributed by atoms with Crippen LogP contribution < -0.4 is 4.72 Å². The Bertz CT molecular complexity index is 921. The minimum absolute atomic E-state index is 0.00493. The second-order valence-corrected chi connectivity index (χ2v) is 6.27. The highest BCUT2D eigenvalue weighted by molar-refractivity contribution is 7.92. The van der Waals surface area contributed by atoms with Crippen molar-refractivity contribution in [1.29, 1.82) is 0 Å². The van der Waals surface area contributed by atoms with Crippen molar-refractivity contribution < 1.29 is 23.0 Å². The molecule has 0 aliphatic carbocycles. The summed E-state index contributed by atoms with van der Waals surface area (Å²) in [5.74, 6) is -1.90. The predicted molar refractivity (Wildman–Crippen MR) is 82.5 cm³/mol. The molecule has 0 unspecified atom stereocenters. The van der Waals surface area contributed by atoms with Gasteiger partial charge in [-0.2, -0.15) is 0 Å². The van der Waals surface area contributed by atoms with Crippen molar-refractivity contribution in [2.75, 3.05) is 4.72 Å². The number of aromatic nitrogens is 1. The Balaban J connectivity index is 1.99. The van der Waals surface area contributed by atoms with E-state index in [1.165, 1.54) is 18.3 Å². The summed E-state index contributed by atoms with van der Waals surface area (Å²) in [4.78, 5) is 3.97. The molecule has 0 radical (unpaired) electrons. The molecule has 3 N–H and O–H groups in total. The molecule has 3 aromatic rings. The van der Waals surface area contributed by atoms with Gasteiger partial charge in [-0.1, -0.05) is 24.3 Å². The van der Waals surface area contributed by atoms with Crippen LogP contribution in [0.15, 0.2) is 64.0 Å². The van der Waals surface area contributed by atoms with Crippen molar-refractivity contribution >= 4 is 15.9 Å². The predicted octanol–water partition coefficient (Wildman–Crippen LogP) is 2.55. The van der Waals surface area contributed by atoms with Crippen LogP contribution in [-0.2, 0) is 10.0 Å². The maximum absolute atomic E-state index is 12.2. The summed E-state index contributed by atoms with van der Waals surface area (Å²) in [6, 6.07) is 12.5. The molecule has 0 fully saturated rings. The van der Waals surface area contributed by atoms with E-state index in [2.05, 4.69) is 9.71 Å².